The molecule has 0 bridgehead atoms. The zero-order valence-electron chi connectivity index (χ0n) is 15.7. The summed E-state index contributed by atoms with van der Waals surface area (Å²) in [4.78, 5) is 17.3. The number of nitrogens with zero attached hydrogens (tertiary/aromatic N) is 3. The van der Waals surface area contributed by atoms with Crippen molar-refractivity contribution in [2.24, 2.45) is 5.92 Å². The first-order chi connectivity index (χ1) is 12.2. The summed E-state index contributed by atoms with van der Waals surface area (Å²) in [6.07, 6.45) is 3.11. The molecule has 6 nitrogen and oxygen atoms in total. The third-order valence-corrected chi connectivity index (χ3v) is 5.88. The van der Waals surface area contributed by atoms with Crippen LogP contribution in [0.1, 0.15) is 62.2 Å². The molecule has 2 atom stereocenters. The number of amides is 1. The summed E-state index contributed by atoms with van der Waals surface area (Å²) in [5.74, 6) is 1.26. The standard InChI is InChI=1S/C19H31N3O3/c1-4-14(5-2)16-11-18(25-20-16)19(23)22-12-15(6-3)17(13-22)21-7-9-24-10-8-21/h11,14-15,17H,4-10,12-13H2,1-3H3/t15-,17+/m0/s1. The molecule has 2 aliphatic rings. The Labute approximate surface area is 150 Å². The van der Waals surface area contributed by atoms with Crippen LogP contribution in [-0.2, 0) is 4.74 Å². The highest BCUT2D eigenvalue weighted by Crippen LogP contribution is 2.28. The third kappa shape index (κ3) is 3.90. The van der Waals surface area contributed by atoms with Gasteiger partial charge in [0.2, 0.25) is 5.76 Å². The Balaban J connectivity index is 1.68. The van der Waals surface area contributed by atoms with Crippen molar-refractivity contribution >= 4 is 5.91 Å². The van der Waals surface area contributed by atoms with Gasteiger partial charge >= 0.3 is 0 Å². The molecule has 3 heterocycles. The van der Waals surface area contributed by atoms with Gasteiger partial charge in [0, 0.05) is 44.2 Å². The highest BCUT2D eigenvalue weighted by molar-refractivity contribution is 5.91. The van der Waals surface area contributed by atoms with E-state index in [0.29, 0.717) is 23.6 Å². The van der Waals surface area contributed by atoms with Crippen LogP contribution in [0.25, 0.3) is 0 Å². The van der Waals surface area contributed by atoms with Crippen molar-refractivity contribution in [1.82, 2.24) is 15.0 Å². The van der Waals surface area contributed by atoms with Crippen LogP contribution < -0.4 is 0 Å². The smallest absolute Gasteiger partial charge is 0.292 e. The van der Waals surface area contributed by atoms with Gasteiger partial charge in [-0.3, -0.25) is 9.69 Å². The van der Waals surface area contributed by atoms with Gasteiger partial charge in [-0.05, 0) is 18.8 Å². The van der Waals surface area contributed by atoms with Gasteiger partial charge in [-0.25, -0.2) is 0 Å². The second kappa shape index (κ2) is 8.32. The third-order valence-electron chi connectivity index (χ3n) is 5.88. The van der Waals surface area contributed by atoms with E-state index in [1.54, 1.807) is 0 Å². The Hall–Kier alpha value is -1.40. The molecule has 2 saturated heterocycles. The van der Waals surface area contributed by atoms with Gasteiger partial charge in [0.1, 0.15) is 0 Å². The second-order valence-electron chi connectivity index (χ2n) is 7.22. The number of rotatable bonds is 6. The maximum atomic E-state index is 12.9. The van der Waals surface area contributed by atoms with E-state index < -0.39 is 0 Å². The molecule has 2 fully saturated rings. The first-order valence-electron chi connectivity index (χ1n) is 9.75. The Morgan fingerprint density at radius 3 is 2.60 bits per heavy atom. The summed E-state index contributed by atoms with van der Waals surface area (Å²) in [7, 11) is 0. The average molecular weight is 349 g/mol. The zero-order valence-corrected chi connectivity index (χ0v) is 15.7. The molecule has 0 radical (unpaired) electrons. The Bertz CT molecular complexity index is 564. The normalized spacial score (nSPS) is 25.0. The molecule has 0 unspecified atom stereocenters. The number of aromatic nitrogens is 1. The summed E-state index contributed by atoms with van der Waals surface area (Å²) in [5.41, 5.74) is 0.907. The molecule has 3 rings (SSSR count). The van der Waals surface area contributed by atoms with Crippen LogP contribution in [0, 0.1) is 5.92 Å². The highest BCUT2D eigenvalue weighted by Gasteiger charge is 2.39. The number of ether oxygens (including phenoxy) is 1. The first-order valence-corrected chi connectivity index (χ1v) is 9.75. The second-order valence-corrected chi connectivity index (χ2v) is 7.22. The lowest BCUT2D eigenvalue weighted by Crippen LogP contribution is -2.47. The first kappa shape index (κ1) is 18.4. The minimum Gasteiger partial charge on any atom is -0.379 e. The Kier molecular flexibility index (Phi) is 6.12. The number of hydrogen-bond donors (Lipinski definition) is 0. The molecule has 1 amide bonds. The van der Waals surface area contributed by atoms with Crippen LogP contribution in [0.2, 0.25) is 0 Å². The van der Waals surface area contributed by atoms with E-state index in [1.807, 2.05) is 11.0 Å². The summed E-state index contributed by atoms with van der Waals surface area (Å²) >= 11 is 0. The van der Waals surface area contributed by atoms with Gasteiger partial charge in [-0.2, -0.15) is 0 Å². The van der Waals surface area contributed by atoms with Crippen LogP contribution in [0.5, 0.6) is 0 Å². The fourth-order valence-corrected chi connectivity index (χ4v) is 4.19. The summed E-state index contributed by atoms with van der Waals surface area (Å²) in [6.45, 7) is 11.6. The summed E-state index contributed by atoms with van der Waals surface area (Å²) in [6, 6.07) is 2.28. The summed E-state index contributed by atoms with van der Waals surface area (Å²) < 4.78 is 10.9. The molecule has 0 aromatic carbocycles. The maximum absolute atomic E-state index is 12.9. The molecule has 0 N–H and O–H groups in total. The molecule has 0 aliphatic carbocycles. The topological polar surface area (TPSA) is 58.8 Å². The zero-order chi connectivity index (χ0) is 17.8. The molecule has 0 spiro atoms. The lowest BCUT2D eigenvalue weighted by atomic mass is 9.99. The van der Waals surface area contributed by atoms with Crippen LogP contribution in [-0.4, -0.2) is 66.3 Å². The molecular formula is C19H31N3O3. The fraction of sp³-hybridized carbons (Fsp3) is 0.789. The number of likely N-dealkylation sites (tertiary alicyclic amines) is 1. The van der Waals surface area contributed by atoms with E-state index in [0.717, 1.165) is 64.3 Å². The molecule has 6 heteroatoms. The van der Waals surface area contributed by atoms with Crippen molar-refractivity contribution in [3.8, 4) is 0 Å². The van der Waals surface area contributed by atoms with Crippen LogP contribution in [0.4, 0.5) is 0 Å². The van der Waals surface area contributed by atoms with Crippen molar-refractivity contribution in [3.05, 3.63) is 17.5 Å². The molecule has 1 aromatic heterocycles. The monoisotopic (exact) mass is 349 g/mol. The van der Waals surface area contributed by atoms with E-state index in [4.69, 9.17) is 9.26 Å². The van der Waals surface area contributed by atoms with Gasteiger partial charge in [0.15, 0.2) is 0 Å². The Morgan fingerprint density at radius 1 is 1.24 bits per heavy atom. The summed E-state index contributed by atoms with van der Waals surface area (Å²) in [5, 5.41) is 4.15. The van der Waals surface area contributed by atoms with Gasteiger partial charge in [-0.1, -0.05) is 32.3 Å². The molecule has 140 valence electrons. The van der Waals surface area contributed by atoms with E-state index in [2.05, 4.69) is 30.8 Å². The van der Waals surface area contributed by atoms with Crippen LogP contribution >= 0.6 is 0 Å². The van der Waals surface area contributed by atoms with Crippen molar-refractivity contribution in [2.75, 3.05) is 39.4 Å². The molecule has 25 heavy (non-hydrogen) atoms. The van der Waals surface area contributed by atoms with Gasteiger partial charge in [-0.15, -0.1) is 0 Å². The van der Waals surface area contributed by atoms with Crippen LogP contribution in [0.15, 0.2) is 10.6 Å². The minimum atomic E-state index is -0.0149. The molecule has 1 aromatic rings. The fourth-order valence-electron chi connectivity index (χ4n) is 4.19. The molecule has 2 aliphatic heterocycles. The van der Waals surface area contributed by atoms with E-state index in [9.17, 15) is 4.79 Å². The van der Waals surface area contributed by atoms with Crippen molar-refractivity contribution in [3.63, 3.8) is 0 Å². The average Bonchev–Trinajstić information content (AvgIpc) is 3.30. The minimum absolute atomic E-state index is 0.0149. The largest absolute Gasteiger partial charge is 0.379 e. The van der Waals surface area contributed by atoms with Gasteiger partial charge < -0.3 is 14.2 Å². The SMILES string of the molecule is CCC(CC)c1cc(C(=O)N2C[C@H](CC)[C@H](N3CCOCC3)C2)on1. The lowest BCUT2D eigenvalue weighted by Gasteiger charge is -2.34. The van der Waals surface area contributed by atoms with Gasteiger partial charge in [0.05, 0.1) is 18.9 Å². The van der Waals surface area contributed by atoms with Crippen molar-refractivity contribution in [1.29, 1.82) is 0 Å². The number of morpholine rings is 1. The lowest BCUT2D eigenvalue weighted by molar-refractivity contribution is 0.0102. The van der Waals surface area contributed by atoms with Gasteiger partial charge in [0.25, 0.3) is 5.91 Å². The molecular weight excluding hydrogens is 318 g/mol. The van der Waals surface area contributed by atoms with E-state index in [-0.39, 0.29) is 5.91 Å². The Morgan fingerprint density at radius 2 is 1.96 bits per heavy atom. The van der Waals surface area contributed by atoms with Crippen molar-refractivity contribution < 1.29 is 14.1 Å². The highest BCUT2D eigenvalue weighted by atomic mass is 16.5. The van der Waals surface area contributed by atoms with E-state index in [1.165, 1.54) is 0 Å². The predicted molar refractivity (Wildman–Crippen MR) is 95.7 cm³/mol. The van der Waals surface area contributed by atoms with Crippen molar-refractivity contribution in [2.45, 2.75) is 52.0 Å². The maximum Gasteiger partial charge on any atom is 0.292 e. The number of carbonyl (C=O) groups is 1. The quantitative estimate of drug-likeness (QED) is 0.790. The van der Waals surface area contributed by atoms with Crippen LogP contribution in [0.3, 0.4) is 0 Å². The molecule has 0 saturated carbocycles. The van der Waals surface area contributed by atoms with E-state index >= 15 is 0 Å². The number of carbonyl (C=O) groups excluding carboxylic acids is 1. The predicted octanol–water partition coefficient (Wildman–Crippen LogP) is 2.76. The number of hydrogen-bond acceptors (Lipinski definition) is 5.